The van der Waals surface area contributed by atoms with Crippen LogP contribution in [0.3, 0.4) is 0 Å². The molecule has 1 amide bonds. The number of rotatable bonds is 5. The van der Waals surface area contributed by atoms with Gasteiger partial charge in [-0.05, 0) is 23.3 Å². The molecule has 4 heteroatoms. The van der Waals surface area contributed by atoms with Crippen LogP contribution in [0.4, 0.5) is 0 Å². The molecule has 0 spiro atoms. The summed E-state index contributed by atoms with van der Waals surface area (Å²) in [5.41, 5.74) is -0.127. The molecule has 0 aromatic carbocycles. The first-order valence-corrected chi connectivity index (χ1v) is 6.74. The zero-order valence-corrected chi connectivity index (χ0v) is 11.5. The van der Waals surface area contributed by atoms with Crippen LogP contribution in [0.25, 0.3) is 0 Å². The third-order valence-electron chi connectivity index (χ3n) is 2.65. The average molecular weight is 255 g/mol. The Bertz CT molecular complexity index is 341. The molecule has 1 aromatic rings. The van der Waals surface area contributed by atoms with Crippen molar-refractivity contribution in [3.63, 3.8) is 0 Å². The molecule has 0 saturated carbocycles. The summed E-state index contributed by atoms with van der Waals surface area (Å²) in [5.74, 6) is 0.0218. The van der Waals surface area contributed by atoms with E-state index in [4.69, 9.17) is 0 Å². The van der Waals surface area contributed by atoms with E-state index in [2.05, 4.69) is 5.32 Å². The van der Waals surface area contributed by atoms with Crippen molar-refractivity contribution < 1.29 is 9.90 Å². The summed E-state index contributed by atoms with van der Waals surface area (Å²) in [6.07, 6.45) is 0.646. The molecule has 0 radical (unpaired) electrons. The summed E-state index contributed by atoms with van der Waals surface area (Å²) < 4.78 is 0. The molecule has 1 heterocycles. The number of aliphatic hydroxyl groups is 1. The number of thiophene rings is 1. The SMILES string of the molecule is CC(C)(C)[C@@H](O)CCNC(=O)Cc1cccs1. The Morgan fingerprint density at radius 3 is 2.76 bits per heavy atom. The van der Waals surface area contributed by atoms with Crippen molar-refractivity contribution in [1.29, 1.82) is 0 Å². The first-order chi connectivity index (χ1) is 7.89. The average Bonchev–Trinajstić information content (AvgIpc) is 2.68. The van der Waals surface area contributed by atoms with Crippen molar-refractivity contribution in [2.75, 3.05) is 6.54 Å². The van der Waals surface area contributed by atoms with Crippen LogP contribution < -0.4 is 5.32 Å². The van der Waals surface area contributed by atoms with E-state index >= 15 is 0 Å². The molecule has 0 aliphatic heterocycles. The number of aliphatic hydroxyl groups excluding tert-OH is 1. The summed E-state index contributed by atoms with van der Waals surface area (Å²) in [4.78, 5) is 12.6. The Morgan fingerprint density at radius 1 is 1.53 bits per heavy atom. The van der Waals surface area contributed by atoms with E-state index < -0.39 is 0 Å². The van der Waals surface area contributed by atoms with Gasteiger partial charge in [-0.3, -0.25) is 4.79 Å². The third-order valence-corrected chi connectivity index (χ3v) is 3.53. The summed E-state index contributed by atoms with van der Waals surface area (Å²) in [5, 5.41) is 14.6. The second-order valence-corrected chi connectivity index (χ2v) is 6.31. The van der Waals surface area contributed by atoms with Crippen LogP contribution in [-0.2, 0) is 11.2 Å². The smallest absolute Gasteiger partial charge is 0.225 e. The van der Waals surface area contributed by atoms with Crippen molar-refractivity contribution in [1.82, 2.24) is 5.32 Å². The molecule has 1 rings (SSSR count). The van der Waals surface area contributed by atoms with Gasteiger partial charge in [0.25, 0.3) is 0 Å². The molecule has 17 heavy (non-hydrogen) atoms. The van der Waals surface area contributed by atoms with E-state index in [1.807, 2.05) is 38.3 Å². The van der Waals surface area contributed by atoms with Crippen molar-refractivity contribution in [2.45, 2.75) is 39.7 Å². The molecular weight excluding hydrogens is 234 g/mol. The standard InChI is InChI=1S/C13H21NO2S/c1-13(2,3)11(15)6-7-14-12(16)9-10-5-4-8-17-10/h4-5,8,11,15H,6-7,9H2,1-3H3,(H,14,16)/t11-/m0/s1. The van der Waals surface area contributed by atoms with E-state index in [0.29, 0.717) is 19.4 Å². The van der Waals surface area contributed by atoms with Gasteiger partial charge in [-0.1, -0.05) is 26.8 Å². The molecule has 3 nitrogen and oxygen atoms in total. The van der Waals surface area contributed by atoms with Crippen LogP contribution in [0.5, 0.6) is 0 Å². The van der Waals surface area contributed by atoms with Gasteiger partial charge in [0.1, 0.15) is 0 Å². The maximum absolute atomic E-state index is 11.6. The fraction of sp³-hybridized carbons (Fsp3) is 0.615. The van der Waals surface area contributed by atoms with Gasteiger partial charge >= 0.3 is 0 Å². The second-order valence-electron chi connectivity index (χ2n) is 5.28. The number of hydrogen-bond donors (Lipinski definition) is 2. The minimum absolute atomic E-state index is 0.0218. The van der Waals surface area contributed by atoms with E-state index in [9.17, 15) is 9.90 Å². The van der Waals surface area contributed by atoms with Gasteiger partial charge in [0.05, 0.1) is 12.5 Å². The van der Waals surface area contributed by atoms with Crippen molar-refractivity contribution in [3.8, 4) is 0 Å². The zero-order chi connectivity index (χ0) is 12.9. The molecule has 1 aromatic heterocycles. The lowest BCUT2D eigenvalue weighted by Crippen LogP contribution is -2.33. The van der Waals surface area contributed by atoms with E-state index in [-0.39, 0.29) is 17.4 Å². The van der Waals surface area contributed by atoms with E-state index in [1.165, 1.54) is 0 Å². The molecule has 96 valence electrons. The molecule has 0 fully saturated rings. The van der Waals surface area contributed by atoms with E-state index in [0.717, 1.165) is 4.88 Å². The molecule has 0 aliphatic rings. The van der Waals surface area contributed by atoms with Gasteiger partial charge in [-0.2, -0.15) is 0 Å². The summed E-state index contributed by atoms with van der Waals surface area (Å²) in [7, 11) is 0. The van der Waals surface area contributed by atoms with Crippen molar-refractivity contribution >= 4 is 17.2 Å². The highest BCUT2D eigenvalue weighted by Gasteiger charge is 2.21. The lowest BCUT2D eigenvalue weighted by atomic mass is 9.87. The summed E-state index contributed by atoms with van der Waals surface area (Å²) in [6, 6.07) is 3.89. The monoisotopic (exact) mass is 255 g/mol. The Kier molecular flexibility index (Phi) is 5.15. The fourth-order valence-electron chi connectivity index (χ4n) is 1.42. The fourth-order valence-corrected chi connectivity index (χ4v) is 2.12. The lowest BCUT2D eigenvalue weighted by molar-refractivity contribution is -0.120. The number of amides is 1. The maximum atomic E-state index is 11.6. The highest BCUT2D eigenvalue weighted by Crippen LogP contribution is 2.20. The minimum atomic E-state index is -0.385. The first-order valence-electron chi connectivity index (χ1n) is 5.87. The van der Waals surface area contributed by atoms with Crippen LogP contribution in [0, 0.1) is 5.41 Å². The van der Waals surface area contributed by atoms with Crippen LogP contribution in [0.15, 0.2) is 17.5 Å². The molecule has 0 bridgehead atoms. The zero-order valence-electron chi connectivity index (χ0n) is 10.7. The van der Waals surface area contributed by atoms with Gasteiger partial charge in [-0.25, -0.2) is 0 Å². The topological polar surface area (TPSA) is 49.3 Å². The van der Waals surface area contributed by atoms with E-state index in [1.54, 1.807) is 11.3 Å². The molecule has 1 atom stereocenters. The molecule has 0 unspecified atom stereocenters. The van der Waals surface area contributed by atoms with Crippen LogP contribution in [0.2, 0.25) is 0 Å². The Morgan fingerprint density at radius 2 is 2.24 bits per heavy atom. The molecule has 0 aliphatic carbocycles. The van der Waals surface area contributed by atoms with Gasteiger partial charge in [-0.15, -0.1) is 11.3 Å². The van der Waals surface area contributed by atoms with Crippen LogP contribution in [0.1, 0.15) is 32.1 Å². The Labute approximate surface area is 107 Å². The van der Waals surface area contributed by atoms with Gasteiger partial charge in [0.15, 0.2) is 0 Å². The molecular formula is C13H21NO2S. The minimum Gasteiger partial charge on any atom is -0.393 e. The number of hydrogen-bond acceptors (Lipinski definition) is 3. The van der Waals surface area contributed by atoms with Crippen LogP contribution in [-0.4, -0.2) is 23.7 Å². The number of nitrogens with one attached hydrogen (secondary N) is 1. The van der Waals surface area contributed by atoms with Gasteiger partial charge in [0, 0.05) is 11.4 Å². The largest absolute Gasteiger partial charge is 0.393 e. The lowest BCUT2D eigenvalue weighted by Gasteiger charge is -2.25. The Balaban J connectivity index is 2.21. The number of carbonyl (C=O) groups is 1. The van der Waals surface area contributed by atoms with Crippen LogP contribution >= 0.6 is 11.3 Å². The summed E-state index contributed by atoms with van der Waals surface area (Å²) in [6.45, 7) is 6.50. The second kappa shape index (κ2) is 6.17. The highest BCUT2D eigenvalue weighted by molar-refractivity contribution is 7.10. The third kappa shape index (κ3) is 5.33. The summed E-state index contributed by atoms with van der Waals surface area (Å²) >= 11 is 1.59. The quantitative estimate of drug-likeness (QED) is 0.847. The number of carbonyl (C=O) groups excluding carboxylic acids is 1. The molecule has 0 saturated heterocycles. The maximum Gasteiger partial charge on any atom is 0.225 e. The van der Waals surface area contributed by atoms with Crippen molar-refractivity contribution in [2.24, 2.45) is 5.41 Å². The van der Waals surface area contributed by atoms with Crippen molar-refractivity contribution in [3.05, 3.63) is 22.4 Å². The normalized spacial score (nSPS) is 13.4. The Hall–Kier alpha value is -0.870. The predicted molar refractivity (Wildman–Crippen MR) is 71.1 cm³/mol. The molecule has 2 N–H and O–H groups in total. The highest BCUT2D eigenvalue weighted by atomic mass is 32.1. The predicted octanol–water partition coefficient (Wildman–Crippen LogP) is 2.20. The van der Waals surface area contributed by atoms with Gasteiger partial charge in [0.2, 0.25) is 5.91 Å². The first kappa shape index (κ1) is 14.2. The van der Waals surface area contributed by atoms with Gasteiger partial charge < -0.3 is 10.4 Å².